The van der Waals surface area contributed by atoms with Crippen LogP contribution in [0.4, 0.5) is 5.69 Å². The molecule has 7 heteroatoms. The van der Waals surface area contributed by atoms with E-state index in [1.807, 2.05) is 29.2 Å². The van der Waals surface area contributed by atoms with Crippen molar-refractivity contribution in [2.75, 3.05) is 36.5 Å². The van der Waals surface area contributed by atoms with Crippen LogP contribution in [-0.4, -0.2) is 50.4 Å². The predicted octanol–water partition coefficient (Wildman–Crippen LogP) is 0.204. The van der Waals surface area contributed by atoms with Crippen LogP contribution in [0.2, 0.25) is 0 Å². The molecule has 1 amide bonds. The number of amides is 1. The van der Waals surface area contributed by atoms with Gasteiger partial charge in [0.05, 0.1) is 18.1 Å². The predicted molar refractivity (Wildman–Crippen MR) is 82.7 cm³/mol. The molecule has 1 aliphatic heterocycles. The zero-order valence-corrected chi connectivity index (χ0v) is 12.7. The number of carbonyl (C=O) groups excluding carboxylic acids is 1. The van der Waals surface area contributed by atoms with Gasteiger partial charge in [0, 0.05) is 18.8 Å². The van der Waals surface area contributed by atoms with Crippen molar-refractivity contribution in [2.45, 2.75) is 13.0 Å². The quantitative estimate of drug-likeness (QED) is 0.829. The maximum absolute atomic E-state index is 12.1. The second kappa shape index (κ2) is 7.02. The highest BCUT2D eigenvalue weighted by Crippen LogP contribution is 2.14. The SMILES string of the molecule is NCc1ccccc1NC(=O)CN1CCCS(=O)(=O)CC1. The number of carbonyl (C=O) groups is 1. The third-order valence-electron chi connectivity index (χ3n) is 3.53. The summed E-state index contributed by atoms with van der Waals surface area (Å²) in [6.45, 7) is 1.60. The lowest BCUT2D eigenvalue weighted by molar-refractivity contribution is -0.117. The van der Waals surface area contributed by atoms with Gasteiger partial charge in [0.2, 0.25) is 5.91 Å². The van der Waals surface area contributed by atoms with Crippen molar-refractivity contribution in [1.82, 2.24) is 4.90 Å². The van der Waals surface area contributed by atoms with Gasteiger partial charge in [-0.2, -0.15) is 0 Å². The number of nitrogens with two attached hydrogens (primary N) is 1. The third-order valence-corrected chi connectivity index (χ3v) is 5.24. The number of hydrogen-bond acceptors (Lipinski definition) is 5. The fourth-order valence-electron chi connectivity index (χ4n) is 2.36. The van der Waals surface area contributed by atoms with Gasteiger partial charge in [-0.3, -0.25) is 9.69 Å². The van der Waals surface area contributed by atoms with Crippen molar-refractivity contribution < 1.29 is 13.2 Å². The van der Waals surface area contributed by atoms with Crippen LogP contribution in [0.15, 0.2) is 24.3 Å². The molecule has 0 unspecified atom stereocenters. The molecule has 21 heavy (non-hydrogen) atoms. The Balaban J connectivity index is 1.92. The molecule has 0 atom stereocenters. The van der Waals surface area contributed by atoms with Crippen LogP contribution in [0.25, 0.3) is 0 Å². The average Bonchev–Trinajstić information content (AvgIpc) is 2.61. The molecule has 1 heterocycles. The van der Waals surface area contributed by atoms with Crippen LogP contribution in [0.1, 0.15) is 12.0 Å². The summed E-state index contributed by atoms with van der Waals surface area (Å²) in [4.78, 5) is 14.0. The van der Waals surface area contributed by atoms with Crippen molar-refractivity contribution in [2.24, 2.45) is 5.73 Å². The van der Waals surface area contributed by atoms with Crippen molar-refractivity contribution >= 4 is 21.4 Å². The van der Waals surface area contributed by atoms with E-state index in [1.165, 1.54) is 0 Å². The van der Waals surface area contributed by atoms with Crippen molar-refractivity contribution in [3.8, 4) is 0 Å². The normalized spacial score (nSPS) is 18.9. The smallest absolute Gasteiger partial charge is 0.238 e. The monoisotopic (exact) mass is 311 g/mol. The second-order valence-corrected chi connectivity index (χ2v) is 7.49. The summed E-state index contributed by atoms with van der Waals surface area (Å²) in [5.74, 6) is 0.191. The summed E-state index contributed by atoms with van der Waals surface area (Å²) in [5.41, 5.74) is 7.23. The molecule has 0 saturated carbocycles. The highest BCUT2D eigenvalue weighted by atomic mass is 32.2. The lowest BCUT2D eigenvalue weighted by atomic mass is 10.2. The van der Waals surface area contributed by atoms with Gasteiger partial charge in [0.25, 0.3) is 0 Å². The van der Waals surface area contributed by atoms with Crippen LogP contribution in [-0.2, 0) is 21.2 Å². The summed E-state index contributed by atoms with van der Waals surface area (Å²) in [5, 5.41) is 2.84. The van der Waals surface area contributed by atoms with Crippen LogP contribution >= 0.6 is 0 Å². The highest BCUT2D eigenvalue weighted by molar-refractivity contribution is 7.91. The first-order valence-corrected chi connectivity index (χ1v) is 8.83. The molecule has 1 saturated heterocycles. The number of rotatable bonds is 4. The van der Waals surface area contributed by atoms with E-state index in [0.29, 0.717) is 31.7 Å². The highest BCUT2D eigenvalue weighted by Gasteiger charge is 2.20. The molecule has 0 radical (unpaired) electrons. The summed E-state index contributed by atoms with van der Waals surface area (Å²) >= 11 is 0. The molecule has 1 fully saturated rings. The Hall–Kier alpha value is -1.44. The van der Waals surface area contributed by atoms with Gasteiger partial charge in [0.1, 0.15) is 0 Å². The van der Waals surface area contributed by atoms with Crippen LogP contribution in [0.5, 0.6) is 0 Å². The Labute approximate surface area is 125 Å². The molecule has 116 valence electrons. The molecule has 0 bridgehead atoms. The van der Waals surface area contributed by atoms with E-state index in [0.717, 1.165) is 5.56 Å². The molecule has 0 aromatic heterocycles. The molecule has 6 nitrogen and oxygen atoms in total. The summed E-state index contributed by atoms with van der Waals surface area (Å²) in [7, 11) is -2.95. The van der Waals surface area contributed by atoms with Gasteiger partial charge < -0.3 is 11.1 Å². The van der Waals surface area contributed by atoms with E-state index in [2.05, 4.69) is 5.32 Å². The number of anilines is 1. The van der Waals surface area contributed by atoms with E-state index >= 15 is 0 Å². The molecule has 2 rings (SSSR count). The van der Waals surface area contributed by atoms with Crippen molar-refractivity contribution in [1.29, 1.82) is 0 Å². The van der Waals surface area contributed by atoms with E-state index in [9.17, 15) is 13.2 Å². The minimum atomic E-state index is -2.95. The fraction of sp³-hybridized carbons (Fsp3) is 0.500. The first-order valence-electron chi connectivity index (χ1n) is 7.01. The number of nitrogens with zero attached hydrogens (tertiary/aromatic N) is 1. The van der Waals surface area contributed by atoms with Crippen LogP contribution in [0.3, 0.4) is 0 Å². The number of hydrogen-bond donors (Lipinski definition) is 2. The van der Waals surface area contributed by atoms with Gasteiger partial charge in [-0.25, -0.2) is 8.42 Å². The molecule has 1 aliphatic rings. The molecule has 0 spiro atoms. The van der Waals surface area contributed by atoms with Gasteiger partial charge in [0.15, 0.2) is 9.84 Å². The third kappa shape index (κ3) is 4.80. The van der Waals surface area contributed by atoms with Gasteiger partial charge >= 0.3 is 0 Å². The Morgan fingerprint density at radius 3 is 2.76 bits per heavy atom. The zero-order chi connectivity index (χ0) is 15.3. The fourth-order valence-corrected chi connectivity index (χ4v) is 3.67. The Kier molecular flexibility index (Phi) is 5.33. The van der Waals surface area contributed by atoms with E-state index in [-0.39, 0.29) is 24.0 Å². The molecular weight excluding hydrogens is 290 g/mol. The maximum Gasteiger partial charge on any atom is 0.238 e. The molecule has 0 aliphatic carbocycles. The summed E-state index contributed by atoms with van der Waals surface area (Å²) in [6, 6.07) is 7.39. The first-order chi connectivity index (χ1) is 10.00. The molecule has 1 aromatic rings. The number of nitrogens with one attached hydrogen (secondary N) is 1. The van der Waals surface area contributed by atoms with Gasteiger partial charge in [-0.1, -0.05) is 18.2 Å². The average molecular weight is 311 g/mol. The van der Waals surface area contributed by atoms with Crippen molar-refractivity contribution in [3.05, 3.63) is 29.8 Å². The standard InChI is InChI=1S/C14H21N3O3S/c15-10-12-4-1-2-5-13(12)16-14(18)11-17-6-3-8-21(19,20)9-7-17/h1-2,4-5H,3,6-11,15H2,(H,16,18). The Morgan fingerprint density at radius 1 is 1.24 bits per heavy atom. The van der Waals surface area contributed by atoms with Crippen LogP contribution in [0, 0.1) is 0 Å². The minimum absolute atomic E-state index is 0.125. The number of benzene rings is 1. The van der Waals surface area contributed by atoms with E-state index in [1.54, 1.807) is 0 Å². The Morgan fingerprint density at radius 2 is 2.00 bits per heavy atom. The maximum atomic E-state index is 12.1. The molecule has 3 N–H and O–H groups in total. The number of para-hydroxylation sites is 1. The molecule has 1 aromatic carbocycles. The molecular formula is C14H21N3O3S. The lowest BCUT2D eigenvalue weighted by Crippen LogP contribution is -2.35. The van der Waals surface area contributed by atoms with Crippen molar-refractivity contribution in [3.63, 3.8) is 0 Å². The van der Waals surface area contributed by atoms with Gasteiger partial charge in [-0.05, 0) is 24.6 Å². The number of sulfone groups is 1. The second-order valence-electron chi connectivity index (χ2n) is 5.19. The van der Waals surface area contributed by atoms with E-state index < -0.39 is 9.84 Å². The van der Waals surface area contributed by atoms with E-state index in [4.69, 9.17) is 5.73 Å². The summed E-state index contributed by atoms with van der Waals surface area (Å²) < 4.78 is 23.1. The van der Waals surface area contributed by atoms with Crippen LogP contribution < -0.4 is 11.1 Å². The lowest BCUT2D eigenvalue weighted by Gasteiger charge is -2.19. The Bertz CT molecular complexity index is 601. The minimum Gasteiger partial charge on any atom is -0.326 e. The summed E-state index contributed by atoms with van der Waals surface area (Å²) in [6.07, 6.45) is 0.578. The van der Waals surface area contributed by atoms with Gasteiger partial charge in [-0.15, -0.1) is 0 Å². The topological polar surface area (TPSA) is 92.5 Å². The zero-order valence-electron chi connectivity index (χ0n) is 11.9. The largest absolute Gasteiger partial charge is 0.326 e. The first kappa shape index (κ1) is 15.9.